The highest BCUT2D eigenvalue weighted by Crippen LogP contribution is 2.25. The van der Waals surface area contributed by atoms with Gasteiger partial charge in [-0.3, -0.25) is 9.36 Å². The molecule has 140 valence electrons. The van der Waals surface area contributed by atoms with Gasteiger partial charge in [0.25, 0.3) is 5.56 Å². The lowest BCUT2D eigenvalue weighted by atomic mass is 9.99. The van der Waals surface area contributed by atoms with Gasteiger partial charge in [0, 0.05) is 11.6 Å². The van der Waals surface area contributed by atoms with Crippen LogP contribution in [0.2, 0.25) is 5.02 Å². The molecule has 2 heterocycles. The Morgan fingerprint density at radius 2 is 2.00 bits per heavy atom. The molecule has 0 amide bonds. The normalized spacial score (nSPS) is 17.2. The van der Waals surface area contributed by atoms with Crippen molar-refractivity contribution in [1.29, 1.82) is 0 Å². The Labute approximate surface area is 162 Å². The van der Waals surface area contributed by atoms with Gasteiger partial charge in [0.05, 0.1) is 10.9 Å². The zero-order chi connectivity index (χ0) is 18.8. The third-order valence-corrected chi connectivity index (χ3v) is 5.26. The standard InChI is InChI=1S/C21H22ClN3O2/c1-14-24-20-9-8-18(27-17-6-4-16(22)5-7-17)11-19(20)21(26)25(14)13-15-3-2-10-23-12-15/h4-9,11,15,23H,2-3,10,12-13H2,1H3/t15-/m0/s1. The number of piperidine rings is 1. The predicted molar refractivity (Wildman–Crippen MR) is 108 cm³/mol. The number of aryl methyl sites for hydroxylation is 1. The van der Waals surface area contributed by atoms with E-state index in [4.69, 9.17) is 16.3 Å². The predicted octanol–water partition coefficient (Wildman–Crippen LogP) is 4.15. The van der Waals surface area contributed by atoms with Gasteiger partial charge < -0.3 is 10.1 Å². The van der Waals surface area contributed by atoms with Crippen LogP contribution in [0.3, 0.4) is 0 Å². The summed E-state index contributed by atoms with van der Waals surface area (Å²) >= 11 is 5.91. The van der Waals surface area contributed by atoms with E-state index < -0.39 is 0 Å². The highest BCUT2D eigenvalue weighted by atomic mass is 35.5. The SMILES string of the molecule is Cc1nc2ccc(Oc3ccc(Cl)cc3)cc2c(=O)n1C[C@H]1CCCNC1. The lowest BCUT2D eigenvalue weighted by Gasteiger charge is -2.24. The van der Waals surface area contributed by atoms with Crippen LogP contribution in [0, 0.1) is 12.8 Å². The van der Waals surface area contributed by atoms with E-state index in [1.165, 1.54) is 0 Å². The van der Waals surface area contributed by atoms with E-state index in [9.17, 15) is 4.79 Å². The highest BCUT2D eigenvalue weighted by molar-refractivity contribution is 6.30. The number of hydrogen-bond acceptors (Lipinski definition) is 4. The van der Waals surface area contributed by atoms with E-state index in [1.54, 1.807) is 34.9 Å². The number of nitrogens with zero attached hydrogens (tertiary/aromatic N) is 2. The quantitative estimate of drug-likeness (QED) is 0.735. The van der Waals surface area contributed by atoms with Gasteiger partial charge in [-0.05, 0) is 81.2 Å². The summed E-state index contributed by atoms with van der Waals surface area (Å²) in [5, 5.41) is 4.64. The molecule has 1 atom stereocenters. The fourth-order valence-corrected chi connectivity index (χ4v) is 3.69. The van der Waals surface area contributed by atoms with Gasteiger partial charge >= 0.3 is 0 Å². The van der Waals surface area contributed by atoms with Crippen LogP contribution in [0.25, 0.3) is 10.9 Å². The lowest BCUT2D eigenvalue weighted by Crippen LogP contribution is -2.35. The number of aromatic nitrogens is 2. The van der Waals surface area contributed by atoms with Crippen molar-refractivity contribution in [3.05, 3.63) is 63.7 Å². The van der Waals surface area contributed by atoms with E-state index >= 15 is 0 Å². The molecule has 4 rings (SSSR count). The number of fused-ring (bicyclic) bond motifs is 1. The molecular formula is C21H22ClN3O2. The van der Waals surface area contributed by atoms with Crippen molar-refractivity contribution in [2.45, 2.75) is 26.3 Å². The molecule has 5 nitrogen and oxygen atoms in total. The molecule has 1 aliphatic rings. The van der Waals surface area contributed by atoms with Crippen LogP contribution in [0.15, 0.2) is 47.3 Å². The number of benzene rings is 2. The maximum absolute atomic E-state index is 13.1. The summed E-state index contributed by atoms with van der Waals surface area (Å²) in [5.74, 6) is 2.50. The number of nitrogens with one attached hydrogen (secondary N) is 1. The summed E-state index contributed by atoms with van der Waals surface area (Å²) in [6, 6.07) is 12.6. The average molecular weight is 384 g/mol. The summed E-state index contributed by atoms with van der Waals surface area (Å²) in [5.41, 5.74) is 0.684. The van der Waals surface area contributed by atoms with Crippen molar-refractivity contribution in [3.8, 4) is 11.5 Å². The van der Waals surface area contributed by atoms with Crippen molar-refractivity contribution >= 4 is 22.5 Å². The topological polar surface area (TPSA) is 56.1 Å². The first-order valence-corrected chi connectivity index (χ1v) is 9.63. The van der Waals surface area contributed by atoms with Gasteiger partial charge in [-0.1, -0.05) is 11.6 Å². The minimum Gasteiger partial charge on any atom is -0.457 e. The van der Waals surface area contributed by atoms with Crippen LogP contribution in [-0.4, -0.2) is 22.6 Å². The smallest absolute Gasteiger partial charge is 0.261 e. The average Bonchev–Trinajstić information content (AvgIpc) is 2.68. The molecule has 2 aromatic carbocycles. The van der Waals surface area contributed by atoms with Crippen LogP contribution in [-0.2, 0) is 6.54 Å². The molecule has 3 aromatic rings. The molecule has 1 aromatic heterocycles. The maximum Gasteiger partial charge on any atom is 0.261 e. The van der Waals surface area contributed by atoms with Crippen molar-refractivity contribution in [2.24, 2.45) is 5.92 Å². The maximum atomic E-state index is 13.1. The molecular weight excluding hydrogens is 362 g/mol. The van der Waals surface area contributed by atoms with E-state index in [0.717, 1.165) is 31.8 Å². The van der Waals surface area contributed by atoms with E-state index in [0.29, 0.717) is 39.9 Å². The second-order valence-corrected chi connectivity index (χ2v) is 7.46. The first-order chi connectivity index (χ1) is 13.1. The number of rotatable bonds is 4. The largest absolute Gasteiger partial charge is 0.457 e. The third-order valence-electron chi connectivity index (χ3n) is 5.01. The van der Waals surface area contributed by atoms with Crippen molar-refractivity contribution < 1.29 is 4.74 Å². The second kappa shape index (κ2) is 7.71. The minimum absolute atomic E-state index is 0.00960. The molecule has 0 radical (unpaired) electrons. The van der Waals surface area contributed by atoms with Crippen LogP contribution >= 0.6 is 11.6 Å². The molecule has 6 heteroatoms. The Hall–Kier alpha value is -2.37. The third kappa shape index (κ3) is 3.99. The molecule has 1 aliphatic heterocycles. The van der Waals surface area contributed by atoms with Crippen LogP contribution < -0.4 is 15.6 Å². The van der Waals surface area contributed by atoms with Crippen LogP contribution in [0.5, 0.6) is 11.5 Å². The molecule has 0 saturated carbocycles. The zero-order valence-corrected chi connectivity index (χ0v) is 16.0. The van der Waals surface area contributed by atoms with Crippen molar-refractivity contribution in [2.75, 3.05) is 13.1 Å². The van der Waals surface area contributed by atoms with E-state index in [1.807, 2.05) is 19.1 Å². The fourth-order valence-electron chi connectivity index (χ4n) is 3.57. The molecule has 27 heavy (non-hydrogen) atoms. The molecule has 0 aliphatic carbocycles. The van der Waals surface area contributed by atoms with Crippen LogP contribution in [0.4, 0.5) is 0 Å². The van der Waals surface area contributed by atoms with Gasteiger partial charge in [0.15, 0.2) is 0 Å². The number of ether oxygens (including phenoxy) is 1. The minimum atomic E-state index is -0.00960. The summed E-state index contributed by atoms with van der Waals surface area (Å²) in [7, 11) is 0. The summed E-state index contributed by atoms with van der Waals surface area (Å²) < 4.78 is 7.67. The number of halogens is 1. The van der Waals surface area contributed by atoms with Gasteiger partial charge in [0.1, 0.15) is 17.3 Å². The molecule has 0 unspecified atom stereocenters. The van der Waals surface area contributed by atoms with Gasteiger partial charge in [-0.15, -0.1) is 0 Å². The van der Waals surface area contributed by atoms with Gasteiger partial charge in [-0.2, -0.15) is 0 Å². The van der Waals surface area contributed by atoms with Gasteiger partial charge in [0.2, 0.25) is 0 Å². The molecule has 0 bridgehead atoms. The summed E-state index contributed by atoms with van der Waals surface area (Å²) in [6.45, 7) is 4.60. The fraction of sp³-hybridized carbons (Fsp3) is 0.333. The first-order valence-electron chi connectivity index (χ1n) is 9.25. The summed E-state index contributed by atoms with van der Waals surface area (Å²) in [4.78, 5) is 17.7. The number of hydrogen-bond donors (Lipinski definition) is 1. The van der Waals surface area contributed by atoms with Crippen molar-refractivity contribution in [3.63, 3.8) is 0 Å². The Morgan fingerprint density at radius 1 is 1.22 bits per heavy atom. The van der Waals surface area contributed by atoms with Gasteiger partial charge in [-0.25, -0.2) is 4.98 Å². The highest BCUT2D eigenvalue weighted by Gasteiger charge is 2.17. The Morgan fingerprint density at radius 3 is 2.74 bits per heavy atom. The second-order valence-electron chi connectivity index (χ2n) is 7.02. The monoisotopic (exact) mass is 383 g/mol. The van der Waals surface area contributed by atoms with Crippen LogP contribution in [0.1, 0.15) is 18.7 Å². The Balaban J connectivity index is 1.67. The lowest BCUT2D eigenvalue weighted by molar-refractivity contribution is 0.330. The summed E-state index contributed by atoms with van der Waals surface area (Å²) in [6.07, 6.45) is 2.29. The zero-order valence-electron chi connectivity index (χ0n) is 15.2. The molecule has 1 N–H and O–H groups in total. The first kappa shape index (κ1) is 18.0. The van der Waals surface area contributed by atoms with E-state index in [2.05, 4.69) is 10.3 Å². The Bertz CT molecular complexity index is 1010. The van der Waals surface area contributed by atoms with E-state index in [-0.39, 0.29) is 5.56 Å². The molecule has 0 spiro atoms. The Kier molecular flexibility index (Phi) is 5.14. The molecule has 1 fully saturated rings. The van der Waals surface area contributed by atoms with Crippen molar-refractivity contribution in [1.82, 2.24) is 14.9 Å². The molecule has 1 saturated heterocycles.